The Balaban J connectivity index is 2.33. The highest BCUT2D eigenvalue weighted by Gasteiger charge is 2.09. The van der Waals surface area contributed by atoms with Gasteiger partial charge in [-0.1, -0.05) is 0 Å². The first kappa shape index (κ1) is 10.1. The van der Waals surface area contributed by atoms with Gasteiger partial charge in [0.05, 0.1) is 18.2 Å². The Bertz CT molecular complexity index is 462. The van der Waals surface area contributed by atoms with Gasteiger partial charge in [0.25, 0.3) is 0 Å². The minimum atomic E-state index is 0.0292. The Kier molecular flexibility index (Phi) is 2.70. The van der Waals surface area contributed by atoms with Gasteiger partial charge in [-0.2, -0.15) is 5.10 Å². The van der Waals surface area contributed by atoms with Gasteiger partial charge in [0.15, 0.2) is 0 Å². The zero-order chi connectivity index (χ0) is 10.8. The zero-order valence-electron chi connectivity index (χ0n) is 8.34. The van der Waals surface area contributed by atoms with Crippen molar-refractivity contribution in [2.75, 3.05) is 12.3 Å². The molecule has 0 unspecified atom stereocenters. The number of nitrogens with two attached hydrogens (primary N) is 1. The third-order valence-corrected chi connectivity index (χ3v) is 2.78. The molecule has 80 valence electrons. The molecule has 2 aromatic rings. The number of aromatic nitrogens is 3. The maximum absolute atomic E-state index is 8.80. The lowest BCUT2D eigenvalue weighted by molar-refractivity contribution is 0.270. The van der Waals surface area contributed by atoms with Crippen LogP contribution in [-0.4, -0.2) is 26.5 Å². The maximum Gasteiger partial charge on any atom is 0.122 e. The van der Waals surface area contributed by atoms with E-state index in [0.29, 0.717) is 12.4 Å². The van der Waals surface area contributed by atoms with E-state index < -0.39 is 0 Å². The molecule has 0 radical (unpaired) electrons. The van der Waals surface area contributed by atoms with Crippen LogP contribution in [0.15, 0.2) is 11.4 Å². The van der Waals surface area contributed by atoms with Crippen molar-refractivity contribution in [3.8, 4) is 11.4 Å². The SMILES string of the molecule is Cc1nc(-c2cc(N)n(CCO)n2)cs1. The van der Waals surface area contributed by atoms with Crippen molar-refractivity contribution in [2.45, 2.75) is 13.5 Å². The molecule has 0 aromatic carbocycles. The second-order valence-corrected chi connectivity index (χ2v) is 4.22. The fraction of sp³-hybridized carbons (Fsp3) is 0.333. The summed E-state index contributed by atoms with van der Waals surface area (Å²) in [4.78, 5) is 4.32. The van der Waals surface area contributed by atoms with Crippen LogP contribution in [0.25, 0.3) is 11.4 Å². The van der Waals surface area contributed by atoms with Crippen LogP contribution in [0.1, 0.15) is 5.01 Å². The molecular weight excluding hydrogens is 212 g/mol. The Morgan fingerprint density at radius 2 is 2.33 bits per heavy atom. The third kappa shape index (κ3) is 2.00. The van der Waals surface area contributed by atoms with Gasteiger partial charge in [-0.25, -0.2) is 9.67 Å². The van der Waals surface area contributed by atoms with Gasteiger partial charge < -0.3 is 10.8 Å². The van der Waals surface area contributed by atoms with Crippen LogP contribution in [0.5, 0.6) is 0 Å². The van der Waals surface area contributed by atoms with E-state index in [4.69, 9.17) is 10.8 Å². The lowest BCUT2D eigenvalue weighted by Gasteiger charge is -1.98. The first-order valence-electron chi connectivity index (χ1n) is 4.57. The summed E-state index contributed by atoms with van der Waals surface area (Å²) in [7, 11) is 0. The summed E-state index contributed by atoms with van der Waals surface area (Å²) in [6, 6.07) is 1.77. The fourth-order valence-electron chi connectivity index (χ4n) is 1.31. The highest BCUT2D eigenvalue weighted by atomic mass is 32.1. The van der Waals surface area contributed by atoms with Gasteiger partial charge in [-0.05, 0) is 6.92 Å². The van der Waals surface area contributed by atoms with E-state index in [2.05, 4.69) is 10.1 Å². The van der Waals surface area contributed by atoms with Crippen LogP contribution in [-0.2, 0) is 6.54 Å². The van der Waals surface area contributed by atoms with E-state index in [0.717, 1.165) is 16.4 Å². The largest absolute Gasteiger partial charge is 0.394 e. The van der Waals surface area contributed by atoms with E-state index >= 15 is 0 Å². The summed E-state index contributed by atoms with van der Waals surface area (Å²) in [5.74, 6) is 0.546. The summed E-state index contributed by atoms with van der Waals surface area (Å²) in [5.41, 5.74) is 7.33. The van der Waals surface area contributed by atoms with Crippen LogP contribution in [0.3, 0.4) is 0 Å². The van der Waals surface area contributed by atoms with Crippen molar-refractivity contribution in [2.24, 2.45) is 0 Å². The number of hydrogen-bond acceptors (Lipinski definition) is 5. The van der Waals surface area contributed by atoms with Crippen LogP contribution >= 0.6 is 11.3 Å². The van der Waals surface area contributed by atoms with Crippen LogP contribution in [0.4, 0.5) is 5.82 Å². The molecular formula is C9H12N4OS. The number of aryl methyl sites for hydroxylation is 1. The highest BCUT2D eigenvalue weighted by molar-refractivity contribution is 7.09. The van der Waals surface area contributed by atoms with Crippen molar-refractivity contribution >= 4 is 17.2 Å². The number of nitrogen functional groups attached to an aromatic ring is 1. The molecule has 2 aromatic heterocycles. The number of thiazole rings is 1. The van der Waals surface area contributed by atoms with E-state index in [1.807, 2.05) is 12.3 Å². The zero-order valence-corrected chi connectivity index (χ0v) is 9.16. The maximum atomic E-state index is 8.80. The molecule has 0 bridgehead atoms. The molecule has 0 atom stereocenters. The Morgan fingerprint density at radius 3 is 2.93 bits per heavy atom. The van der Waals surface area contributed by atoms with Crippen LogP contribution in [0.2, 0.25) is 0 Å². The molecule has 6 heteroatoms. The smallest absolute Gasteiger partial charge is 0.122 e. The standard InChI is InChI=1S/C9H12N4OS/c1-6-11-8(5-15-6)7-4-9(10)13(12-7)2-3-14/h4-5,14H,2-3,10H2,1H3. The molecule has 0 aliphatic heterocycles. The van der Waals surface area contributed by atoms with E-state index in [9.17, 15) is 0 Å². The van der Waals surface area contributed by atoms with Gasteiger partial charge in [0.1, 0.15) is 17.2 Å². The third-order valence-electron chi connectivity index (χ3n) is 2.00. The second kappa shape index (κ2) is 4.00. The van der Waals surface area contributed by atoms with E-state index in [-0.39, 0.29) is 6.61 Å². The number of rotatable bonds is 3. The summed E-state index contributed by atoms with van der Waals surface area (Å²) in [6.45, 7) is 2.39. The van der Waals surface area contributed by atoms with E-state index in [1.165, 1.54) is 0 Å². The van der Waals surface area contributed by atoms with Crippen molar-refractivity contribution in [3.63, 3.8) is 0 Å². The molecule has 2 rings (SSSR count). The fourth-order valence-corrected chi connectivity index (χ4v) is 1.92. The number of hydrogen-bond donors (Lipinski definition) is 2. The van der Waals surface area contributed by atoms with Crippen molar-refractivity contribution in [3.05, 3.63) is 16.5 Å². The Morgan fingerprint density at radius 1 is 1.53 bits per heavy atom. The molecule has 0 aliphatic rings. The van der Waals surface area contributed by atoms with Gasteiger partial charge in [-0.3, -0.25) is 0 Å². The number of aliphatic hydroxyl groups excluding tert-OH is 1. The quantitative estimate of drug-likeness (QED) is 0.811. The van der Waals surface area contributed by atoms with Crippen LogP contribution < -0.4 is 5.73 Å². The predicted octanol–water partition coefficient (Wildman–Crippen LogP) is 0.890. The molecule has 3 N–H and O–H groups in total. The van der Waals surface area contributed by atoms with Gasteiger partial charge in [0.2, 0.25) is 0 Å². The lowest BCUT2D eigenvalue weighted by atomic mass is 10.3. The molecule has 0 amide bonds. The number of anilines is 1. The Hall–Kier alpha value is -1.40. The van der Waals surface area contributed by atoms with Gasteiger partial charge >= 0.3 is 0 Å². The minimum Gasteiger partial charge on any atom is -0.394 e. The lowest BCUT2D eigenvalue weighted by Crippen LogP contribution is -2.07. The molecule has 0 aliphatic carbocycles. The summed E-state index contributed by atoms with van der Waals surface area (Å²) in [5, 5.41) is 16.0. The summed E-state index contributed by atoms with van der Waals surface area (Å²) in [6.07, 6.45) is 0. The van der Waals surface area contributed by atoms with Crippen LogP contribution in [0, 0.1) is 6.92 Å². The topological polar surface area (TPSA) is 77.0 Å². The van der Waals surface area contributed by atoms with Gasteiger partial charge in [-0.15, -0.1) is 11.3 Å². The molecule has 15 heavy (non-hydrogen) atoms. The second-order valence-electron chi connectivity index (χ2n) is 3.15. The molecule has 0 fully saturated rings. The molecule has 2 heterocycles. The first-order valence-corrected chi connectivity index (χ1v) is 5.45. The Labute approximate surface area is 91.2 Å². The molecule has 0 saturated carbocycles. The van der Waals surface area contributed by atoms with Crippen molar-refractivity contribution in [1.82, 2.24) is 14.8 Å². The molecule has 0 spiro atoms. The van der Waals surface area contributed by atoms with E-state index in [1.54, 1.807) is 22.1 Å². The monoisotopic (exact) mass is 224 g/mol. The predicted molar refractivity (Wildman–Crippen MR) is 59.6 cm³/mol. The summed E-state index contributed by atoms with van der Waals surface area (Å²) < 4.78 is 1.57. The van der Waals surface area contributed by atoms with Gasteiger partial charge in [0, 0.05) is 11.4 Å². The number of nitrogens with zero attached hydrogens (tertiary/aromatic N) is 3. The average molecular weight is 224 g/mol. The highest BCUT2D eigenvalue weighted by Crippen LogP contribution is 2.21. The minimum absolute atomic E-state index is 0.0292. The summed E-state index contributed by atoms with van der Waals surface area (Å²) >= 11 is 1.58. The molecule has 5 nitrogen and oxygen atoms in total. The average Bonchev–Trinajstić information content (AvgIpc) is 2.75. The number of aliphatic hydroxyl groups is 1. The molecule has 0 saturated heterocycles. The first-order chi connectivity index (χ1) is 7.20. The van der Waals surface area contributed by atoms with Crippen molar-refractivity contribution < 1.29 is 5.11 Å². The normalized spacial score (nSPS) is 10.8. The van der Waals surface area contributed by atoms with Crippen molar-refractivity contribution in [1.29, 1.82) is 0 Å².